The lowest BCUT2D eigenvalue weighted by Crippen LogP contribution is -2.31. The molecule has 1 N–H and O–H groups in total. The molecule has 1 aliphatic carbocycles. The number of aliphatic carboxylic acids is 1. The number of carboxylic acids is 1. The van der Waals surface area contributed by atoms with E-state index >= 15 is 0 Å². The zero-order valence-corrected chi connectivity index (χ0v) is 11.5. The minimum atomic E-state index is -5.38. The summed E-state index contributed by atoms with van der Waals surface area (Å²) in [4.78, 5) is 11.5. The Hall–Kier alpha value is -1.77. The van der Waals surface area contributed by atoms with Gasteiger partial charge in [-0.25, -0.2) is 8.42 Å². The number of benzene rings is 1. The predicted molar refractivity (Wildman–Crippen MR) is 67.7 cm³/mol. The second kappa shape index (κ2) is 5.21. The van der Waals surface area contributed by atoms with Gasteiger partial charge in [0, 0.05) is 11.7 Å². The molecule has 0 amide bonds. The highest BCUT2D eigenvalue weighted by Crippen LogP contribution is 2.34. The number of alkyl halides is 3. The van der Waals surface area contributed by atoms with Crippen molar-refractivity contribution in [2.45, 2.75) is 29.3 Å². The van der Waals surface area contributed by atoms with Gasteiger partial charge in [-0.1, -0.05) is 0 Å². The van der Waals surface area contributed by atoms with Gasteiger partial charge in [0.2, 0.25) is 0 Å². The monoisotopic (exact) mass is 323 g/mol. The zero-order chi connectivity index (χ0) is 15.8. The van der Waals surface area contributed by atoms with E-state index < -0.39 is 26.2 Å². The lowest BCUT2D eigenvalue weighted by atomic mass is 10.3. The number of rotatable bonds is 5. The van der Waals surface area contributed by atoms with Crippen LogP contribution in [-0.2, 0) is 14.6 Å². The van der Waals surface area contributed by atoms with E-state index in [1.165, 1.54) is 17.0 Å². The van der Waals surface area contributed by atoms with Gasteiger partial charge in [-0.2, -0.15) is 13.2 Å². The van der Waals surface area contributed by atoms with E-state index in [-0.39, 0.29) is 12.6 Å². The number of nitrogens with zero attached hydrogens (tertiary/aromatic N) is 1. The third kappa shape index (κ3) is 3.29. The van der Waals surface area contributed by atoms with E-state index in [0.717, 1.165) is 25.0 Å². The Labute approximate surface area is 118 Å². The molecule has 2 rings (SSSR count). The van der Waals surface area contributed by atoms with Crippen LogP contribution in [0.4, 0.5) is 18.9 Å². The quantitative estimate of drug-likeness (QED) is 0.897. The van der Waals surface area contributed by atoms with Crippen LogP contribution < -0.4 is 4.90 Å². The number of halogens is 3. The first-order chi connectivity index (χ1) is 9.63. The van der Waals surface area contributed by atoms with Crippen LogP contribution in [0.25, 0.3) is 0 Å². The largest absolute Gasteiger partial charge is 0.501 e. The van der Waals surface area contributed by atoms with E-state index in [1.54, 1.807) is 0 Å². The van der Waals surface area contributed by atoms with E-state index in [1.807, 2.05) is 0 Å². The minimum absolute atomic E-state index is 0.0335. The third-order valence-corrected chi connectivity index (χ3v) is 4.58. The first-order valence-corrected chi connectivity index (χ1v) is 7.51. The van der Waals surface area contributed by atoms with Crippen LogP contribution in [0.15, 0.2) is 29.2 Å². The van der Waals surface area contributed by atoms with Gasteiger partial charge < -0.3 is 10.0 Å². The highest BCUT2D eigenvalue weighted by atomic mass is 32.2. The summed E-state index contributed by atoms with van der Waals surface area (Å²) in [5, 5.41) is 8.83. The average Bonchev–Trinajstić information content (AvgIpc) is 3.19. The summed E-state index contributed by atoms with van der Waals surface area (Å²) in [7, 11) is -5.38. The number of sulfone groups is 1. The highest BCUT2D eigenvalue weighted by Gasteiger charge is 2.46. The van der Waals surface area contributed by atoms with Crippen molar-refractivity contribution in [2.24, 2.45) is 0 Å². The van der Waals surface area contributed by atoms with E-state index in [0.29, 0.717) is 5.69 Å². The molecule has 0 aliphatic heterocycles. The first kappa shape index (κ1) is 15.6. The van der Waals surface area contributed by atoms with Crippen molar-refractivity contribution in [1.82, 2.24) is 0 Å². The molecule has 0 aromatic heterocycles. The Balaban J connectivity index is 2.28. The molecule has 1 aromatic carbocycles. The van der Waals surface area contributed by atoms with E-state index in [4.69, 9.17) is 5.11 Å². The smallest absolute Gasteiger partial charge is 0.480 e. The summed E-state index contributed by atoms with van der Waals surface area (Å²) in [6, 6.07) is 4.11. The average molecular weight is 323 g/mol. The van der Waals surface area contributed by atoms with Crippen molar-refractivity contribution >= 4 is 21.5 Å². The van der Waals surface area contributed by atoms with Gasteiger partial charge in [0.05, 0.1) is 4.90 Å². The molecule has 0 radical (unpaired) electrons. The number of anilines is 1. The van der Waals surface area contributed by atoms with Crippen molar-refractivity contribution in [3.63, 3.8) is 0 Å². The molecule has 0 atom stereocenters. The van der Waals surface area contributed by atoms with Gasteiger partial charge in [0.25, 0.3) is 9.84 Å². The van der Waals surface area contributed by atoms with Crippen LogP contribution in [0.5, 0.6) is 0 Å². The molecule has 0 spiro atoms. The maximum Gasteiger partial charge on any atom is 0.501 e. The third-order valence-electron chi connectivity index (χ3n) is 3.08. The fourth-order valence-electron chi connectivity index (χ4n) is 1.91. The SMILES string of the molecule is O=C(O)CN(c1ccc(S(=O)(=O)C(F)(F)F)cc1)C1CC1. The standard InChI is InChI=1S/C12H12F3NO4S/c13-12(14,15)21(19,20)10-5-3-9(4-6-10)16(7-11(17)18)8-1-2-8/h3-6,8H,1-2,7H2,(H,17,18). The fraction of sp³-hybridized carbons (Fsp3) is 0.417. The van der Waals surface area contributed by atoms with Crippen molar-refractivity contribution in [2.75, 3.05) is 11.4 Å². The minimum Gasteiger partial charge on any atom is -0.480 e. The molecule has 1 aromatic rings. The van der Waals surface area contributed by atoms with Crippen LogP contribution in [-0.4, -0.2) is 37.6 Å². The molecular formula is C12H12F3NO4S. The highest BCUT2D eigenvalue weighted by molar-refractivity contribution is 7.92. The number of carbonyl (C=O) groups is 1. The molecule has 5 nitrogen and oxygen atoms in total. The Bertz CT molecular complexity index is 635. The topological polar surface area (TPSA) is 74.7 Å². The van der Waals surface area contributed by atoms with E-state index in [9.17, 15) is 26.4 Å². The first-order valence-electron chi connectivity index (χ1n) is 6.03. The van der Waals surface area contributed by atoms with E-state index in [2.05, 4.69) is 0 Å². The molecule has 0 unspecified atom stereocenters. The molecule has 1 fully saturated rings. The van der Waals surface area contributed by atoms with Gasteiger partial charge in [-0.3, -0.25) is 4.79 Å². The molecule has 21 heavy (non-hydrogen) atoms. The molecule has 116 valence electrons. The van der Waals surface area contributed by atoms with Crippen LogP contribution in [0, 0.1) is 0 Å². The van der Waals surface area contributed by atoms with Crippen LogP contribution in [0.2, 0.25) is 0 Å². The summed E-state index contributed by atoms with van der Waals surface area (Å²) >= 11 is 0. The van der Waals surface area contributed by atoms with Gasteiger partial charge >= 0.3 is 11.5 Å². The Kier molecular flexibility index (Phi) is 3.87. The maximum absolute atomic E-state index is 12.4. The van der Waals surface area contributed by atoms with Gasteiger partial charge in [0.15, 0.2) is 0 Å². The Morgan fingerprint density at radius 1 is 1.24 bits per heavy atom. The van der Waals surface area contributed by atoms with Crippen molar-refractivity contribution in [1.29, 1.82) is 0 Å². The number of hydrogen-bond donors (Lipinski definition) is 1. The Morgan fingerprint density at radius 2 is 1.76 bits per heavy atom. The van der Waals surface area contributed by atoms with Crippen molar-refractivity contribution in [3.8, 4) is 0 Å². The van der Waals surface area contributed by atoms with Gasteiger partial charge in [0.1, 0.15) is 6.54 Å². The summed E-state index contributed by atoms with van der Waals surface area (Å²) in [6.45, 7) is -0.282. The predicted octanol–water partition coefficient (Wildman–Crippen LogP) is 2.03. The molecule has 1 saturated carbocycles. The second-order valence-corrected chi connectivity index (χ2v) is 6.64. The molecule has 1 aliphatic rings. The summed E-state index contributed by atoms with van der Waals surface area (Å²) in [5.41, 5.74) is -4.97. The molecule has 0 bridgehead atoms. The van der Waals surface area contributed by atoms with Crippen molar-refractivity contribution < 1.29 is 31.5 Å². The molecular weight excluding hydrogens is 311 g/mol. The maximum atomic E-state index is 12.4. The lowest BCUT2D eigenvalue weighted by molar-refractivity contribution is -0.135. The van der Waals surface area contributed by atoms with Crippen LogP contribution >= 0.6 is 0 Å². The number of carboxylic acid groups (broad SMARTS) is 1. The van der Waals surface area contributed by atoms with Crippen molar-refractivity contribution in [3.05, 3.63) is 24.3 Å². The number of hydrogen-bond acceptors (Lipinski definition) is 4. The van der Waals surface area contributed by atoms with Crippen LogP contribution in [0.1, 0.15) is 12.8 Å². The fourth-order valence-corrected chi connectivity index (χ4v) is 2.68. The van der Waals surface area contributed by atoms with Gasteiger partial charge in [-0.15, -0.1) is 0 Å². The van der Waals surface area contributed by atoms with Gasteiger partial charge in [-0.05, 0) is 37.1 Å². The summed E-state index contributed by atoms with van der Waals surface area (Å²) in [5.74, 6) is -1.06. The zero-order valence-electron chi connectivity index (χ0n) is 10.7. The molecule has 0 heterocycles. The summed E-state index contributed by atoms with van der Waals surface area (Å²) < 4.78 is 59.7. The molecule has 9 heteroatoms. The molecule has 0 saturated heterocycles. The lowest BCUT2D eigenvalue weighted by Gasteiger charge is -2.22. The normalized spacial score (nSPS) is 15.8. The second-order valence-electron chi connectivity index (χ2n) is 4.70. The Morgan fingerprint density at radius 3 is 2.14 bits per heavy atom. The summed E-state index contributed by atoms with van der Waals surface area (Å²) in [6.07, 6.45) is 1.60. The van der Waals surface area contributed by atoms with Crippen LogP contribution in [0.3, 0.4) is 0 Å².